The number of rotatable bonds is 7. The van der Waals surface area contributed by atoms with Crippen molar-refractivity contribution in [3.05, 3.63) is 65.5 Å². The Morgan fingerprint density at radius 1 is 1.11 bits per heavy atom. The lowest BCUT2D eigenvalue weighted by Gasteiger charge is -2.33. The van der Waals surface area contributed by atoms with Crippen LogP contribution in [0.25, 0.3) is 11.4 Å². The highest BCUT2D eigenvalue weighted by Crippen LogP contribution is 2.26. The van der Waals surface area contributed by atoms with Crippen LogP contribution in [0.2, 0.25) is 0 Å². The largest absolute Gasteiger partial charge is 0.371 e. The molecule has 1 aromatic heterocycles. The molecule has 2 fully saturated rings. The van der Waals surface area contributed by atoms with Crippen LogP contribution in [0.5, 0.6) is 0 Å². The van der Waals surface area contributed by atoms with E-state index in [9.17, 15) is 4.79 Å². The monoisotopic (exact) mass is 501 g/mol. The molecule has 0 spiro atoms. The first-order valence-electron chi connectivity index (χ1n) is 13.7. The number of hydrogen-bond donors (Lipinski definition) is 1. The van der Waals surface area contributed by atoms with Crippen molar-refractivity contribution in [1.82, 2.24) is 20.4 Å². The summed E-state index contributed by atoms with van der Waals surface area (Å²) in [5, 5.41) is 7.40. The van der Waals surface area contributed by atoms with Crippen molar-refractivity contribution in [2.45, 2.75) is 59.0 Å². The van der Waals surface area contributed by atoms with E-state index in [1.165, 1.54) is 24.1 Å². The topological polar surface area (TPSA) is 74.5 Å². The van der Waals surface area contributed by atoms with Crippen molar-refractivity contribution in [3.63, 3.8) is 0 Å². The number of hydrogen-bond acceptors (Lipinski definition) is 6. The molecule has 0 saturated carbocycles. The normalized spacial score (nSPS) is 20.1. The van der Waals surface area contributed by atoms with E-state index in [0.717, 1.165) is 56.1 Å². The van der Waals surface area contributed by atoms with Gasteiger partial charge in [0.1, 0.15) is 0 Å². The summed E-state index contributed by atoms with van der Waals surface area (Å²) in [6, 6.07) is 16.8. The molecule has 5 rings (SSSR count). The third-order valence-electron chi connectivity index (χ3n) is 7.84. The van der Waals surface area contributed by atoms with E-state index < -0.39 is 0 Å². The fourth-order valence-electron chi connectivity index (χ4n) is 5.58. The maximum Gasteiger partial charge on any atom is 0.241 e. The number of carbonyl (C=O) groups excluding carboxylic acids is 1. The molecule has 2 aliphatic rings. The number of amides is 1. The van der Waals surface area contributed by atoms with E-state index >= 15 is 0 Å². The molecule has 196 valence electrons. The molecule has 0 radical (unpaired) electrons. The van der Waals surface area contributed by atoms with Gasteiger partial charge in [0.25, 0.3) is 0 Å². The molecule has 2 unspecified atom stereocenters. The minimum absolute atomic E-state index is 0.00158. The van der Waals surface area contributed by atoms with E-state index in [-0.39, 0.29) is 17.9 Å². The van der Waals surface area contributed by atoms with Crippen molar-refractivity contribution >= 4 is 11.6 Å². The Balaban J connectivity index is 1.08. The van der Waals surface area contributed by atoms with Gasteiger partial charge in [-0.15, -0.1) is 0 Å². The predicted molar refractivity (Wildman–Crippen MR) is 146 cm³/mol. The molecule has 0 aliphatic carbocycles. The summed E-state index contributed by atoms with van der Waals surface area (Å²) in [5.41, 5.74) is 4.58. The average Bonchev–Trinajstić information content (AvgIpc) is 3.38. The van der Waals surface area contributed by atoms with Crippen LogP contribution in [0.1, 0.15) is 62.6 Å². The Morgan fingerprint density at radius 2 is 1.89 bits per heavy atom. The zero-order valence-corrected chi connectivity index (χ0v) is 22.3. The van der Waals surface area contributed by atoms with E-state index in [4.69, 9.17) is 4.52 Å². The van der Waals surface area contributed by atoms with E-state index in [2.05, 4.69) is 82.4 Å². The summed E-state index contributed by atoms with van der Waals surface area (Å²) in [6.45, 7) is 11.0. The SMILES string of the molecule is Cc1cccc(-c2noc(CN3CCC(C(=O)NC(C)c4ccc(N5CCCC(C)C5)cc4)CC3)n2)c1. The highest BCUT2D eigenvalue weighted by molar-refractivity contribution is 5.79. The number of piperidine rings is 2. The van der Waals surface area contributed by atoms with Gasteiger partial charge in [0.2, 0.25) is 17.6 Å². The molecule has 2 atom stereocenters. The van der Waals surface area contributed by atoms with Crippen molar-refractivity contribution in [2.75, 3.05) is 31.1 Å². The molecular weight excluding hydrogens is 462 g/mol. The van der Waals surface area contributed by atoms with Crippen LogP contribution in [-0.4, -0.2) is 47.1 Å². The molecule has 3 heterocycles. The fourth-order valence-corrected chi connectivity index (χ4v) is 5.58. The number of aromatic nitrogens is 2. The van der Waals surface area contributed by atoms with Gasteiger partial charge in [0, 0.05) is 30.3 Å². The summed E-state index contributed by atoms with van der Waals surface area (Å²) < 4.78 is 5.50. The van der Waals surface area contributed by atoms with Gasteiger partial charge < -0.3 is 14.7 Å². The third-order valence-corrected chi connectivity index (χ3v) is 7.84. The highest BCUT2D eigenvalue weighted by atomic mass is 16.5. The second-order valence-electron chi connectivity index (χ2n) is 10.9. The van der Waals surface area contributed by atoms with Crippen LogP contribution in [-0.2, 0) is 11.3 Å². The number of anilines is 1. The van der Waals surface area contributed by atoms with Gasteiger partial charge in [0.15, 0.2) is 0 Å². The zero-order chi connectivity index (χ0) is 25.8. The van der Waals surface area contributed by atoms with Gasteiger partial charge >= 0.3 is 0 Å². The predicted octanol–water partition coefficient (Wildman–Crippen LogP) is 5.37. The fraction of sp³-hybridized carbons (Fsp3) is 0.500. The van der Waals surface area contributed by atoms with Gasteiger partial charge in [-0.05, 0) is 82.3 Å². The van der Waals surface area contributed by atoms with Gasteiger partial charge in [-0.2, -0.15) is 4.98 Å². The molecule has 0 bridgehead atoms. The van der Waals surface area contributed by atoms with Crippen LogP contribution in [0.4, 0.5) is 5.69 Å². The van der Waals surface area contributed by atoms with E-state index in [1.807, 2.05) is 12.1 Å². The number of benzene rings is 2. The third kappa shape index (κ3) is 6.39. The zero-order valence-electron chi connectivity index (χ0n) is 22.3. The van der Waals surface area contributed by atoms with Crippen LogP contribution in [0.3, 0.4) is 0 Å². The Labute approximate surface area is 220 Å². The molecule has 3 aromatic rings. The Morgan fingerprint density at radius 3 is 2.62 bits per heavy atom. The lowest BCUT2D eigenvalue weighted by molar-refractivity contribution is -0.127. The number of nitrogens with one attached hydrogen (secondary N) is 1. The Kier molecular flexibility index (Phi) is 7.89. The summed E-state index contributed by atoms with van der Waals surface area (Å²) >= 11 is 0. The lowest BCUT2D eigenvalue weighted by atomic mass is 9.95. The van der Waals surface area contributed by atoms with Crippen molar-refractivity contribution in [1.29, 1.82) is 0 Å². The molecule has 1 amide bonds. The van der Waals surface area contributed by atoms with Gasteiger partial charge in [0.05, 0.1) is 12.6 Å². The maximum absolute atomic E-state index is 13.0. The van der Waals surface area contributed by atoms with Crippen molar-refractivity contribution in [2.24, 2.45) is 11.8 Å². The first kappa shape index (κ1) is 25.5. The molecule has 1 N–H and O–H groups in total. The summed E-state index contributed by atoms with van der Waals surface area (Å²) in [5.74, 6) is 2.19. The number of nitrogens with zero attached hydrogens (tertiary/aromatic N) is 4. The molecule has 7 nitrogen and oxygen atoms in total. The highest BCUT2D eigenvalue weighted by Gasteiger charge is 2.27. The van der Waals surface area contributed by atoms with Crippen molar-refractivity contribution in [3.8, 4) is 11.4 Å². The number of carbonyl (C=O) groups is 1. The second kappa shape index (κ2) is 11.5. The minimum atomic E-state index is -0.00158. The molecular formula is C30H39N5O2. The molecule has 37 heavy (non-hydrogen) atoms. The summed E-state index contributed by atoms with van der Waals surface area (Å²) in [4.78, 5) is 22.4. The van der Waals surface area contributed by atoms with Crippen LogP contribution in [0.15, 0.2) is 53.1 Å². The van der Waals surface area contributed by atoms with Crippen LogP contribution in [0, 0.1) is 18.8 Å². The maximum atomic E-state index is 13.0. The number of likely N-dealkylation sites (tertiary alicyclic amines) is 1. The van der Waals surface area contributed by atoms with E-state index in [0.29, 0.717) is 18.3 Å². The van der Waals surface area contributed by atoms with Gasteiger partial charge in [-0.3, -0.25) is 9.69 Å². The van der Waals surface area contributed by atoms with Crippen LogP contribution >= 0.6 is 0 Å². The molecule has 2 aromatic carbocycles. The summed E-state index contributed by atoms with van der Waals surface area (Å²) in [7, 11) is 0. The first-order chi connectivity index (χ1) is 17.9. The van der Waals surface area contributed by atoms with Crippen molar-refractivity contribution < 1.29 is 9.32 Å². The van der Waals surface area contributed by atoms with Gasteiger partial charge in [-0.1, -0.05) is 48.0 Å². The molecule has 7 heteroatoms. The Bertz CT molecular complexity index is 1180. The molecule has 2 saturated heterocycles. The van der Waals surface area contributed by atoms with Crippen LogP contribution < -0.4 is 10.2 Å². The summed E-state index contributed by atoms with van der Waals surface area (Å²) in [6.07, 6.45) is 4.26. The van der Waals surface area contributed by atoms with E-state index in [1.54, 1.807) is 0 Å². The van der Waals surface area contributed by atoms with Gasteiger partial charge in [-0.25, -0.2) is 0 Å². The lowest BCUT2D eigenvalue weighted by Crippen LogP contribution is -2.41. The smallest absolute Gasteiger partial charge is 0.241 e. The first-order valence-corrected chi connectivity index (χ1v) is 13.7. The second-order valence-corrected chi connectivity index (χ2v) is 10.9. The minimum Gasteiger partial charge on any atom is -0.371 e. The Hall–Kier alpha value is -3.19. The standard InChI is InChI=1S/C30H39N5O2/c1-21-6-4-8-26(18-21)29-32-28(37-33-29)20-34-16-13-25(14-17-34)30(36)31-23(3)24-9-11-27(12-10-24)35-15-5-7-22(2)19-35/h4,6,8-12,18,22-23,25H,5,7,13-17,19-20H2,1-3H3,(H,31,36). The quantitative estimate of drug-likeness (QED) is 0.469. The number of aryl methyl sites for hydroxylation is 1. The molecule has 2 aliphatic heterocycles. The average molecular weight is 502 g/mol.